The van der Waals surface area contributed by atoms with Crippen LogP contribution in [0.15, 0.2) is 41.4 Å². The highest BCUT2D eigenvalue weighted by Gasteiger charge is 2.24. The molecule has 5 nitrogen and oxygen atoms in total. The molecule has 0 atom stereocenters. The highest BCUT2D eigenvalue weighted by Crippen LogP contribution is 2.28. The Kier molecular flexibility index (Phi) is 3.82. The second-order valence-electron chi connectivity index (χ2n) is 5.37. The first-order valence-electron chi connectivity index (χ1n) is 7.59. The van der Waals surface area contributed by atoms with Crippen molar-refractivity contribution in [3.05, 3.63) is 69.5 Å². The maximum atomic E-state index is 6.38. The molecule has 1 aliphatic heterocycles. The van der Waals surface area contributed by atoms with E-state index in [-0.39, 0.29) is 0 Å². The fourth-order valence-electron chi connectivity index (χ4n) is 2.84. The third kappa shape index (κ3) is 2.41. The molecule has 24 heavy (non-hydrogen) atoms. The van der Waals surface area contributed by atoms with Crippen molar-refractivity contribution in [2.75, 3.05) is 0 Å². The Hall–Kier alpha value is -2.24. The number of rotatable bonds is 2. The van der Waals surface area contributed by atoms with Gasteiger partial charge in [-0.3, -0.25) is 9.56 Å². The number of aliphatic imine (C=N–C) groups is 1. The average Bonchev–Trinajstić information content (AvgIpc) is 2.93. The van der Waals surface area contributed by atoms with Gasteiger partial charge in [-0.25, -0.2) is 4.98 Å². The number of pyridine rings is 1. The molecule has 1 aliphatic rings. The predicted octanol–water partition coefficient (Wildman–Crippen LogP) is 3.88. The fourth-order valence-corrected chi connectivity index (χ4v) is 3.21. The van der Waals surface area contributed by atoms with Crippen molar-refractivity contribution in [2.45, 2.75) is 19.9 Å². The number of benzene rings is 1. The van der Waals surface area contributed by atoms with E-state index in [1.165, 1.54) is 0 Å². The van der Waals surface area contributed by atoms with Crippen molar-refractivity contribution in [1.29, 1.82) is 0 Å². The summed E-state index contributed by atoms with van der Waals surface area (Å²) < 4.78 is 2.01. The molecule has 0 radical (unpaired) electrons. The molecule has 3 aromatic rings. The molecule has 0 bridgehead atoms. The molecule has 0 saturated carbocycles. The topological polar surface area (TPSA) is 56.0 Å². The summed E-state index contributed by atoms with van der Waals surface area (Å²) in [5.41, 5.74) is 3.09. The van der Waals surface area contributed by atoms with Crippen LogP contribution in [0.5, 0.6) is 0 Å². The van der Waals surface area contributed by atoms with Gasteiger partial charge >= 0.3 is 0 Å². The minimum Gasteiger partial charge on any atom is -0.279 e. The van der Waals surface area contributed by atoms with Gasteiger partial charge in [0.05, 0.1) is 16.4 Å². The smallest absolute Gasteiger partial charge is 0.159 e. The normalized spacial score (nSPS) is 13.0. The summed E-state index contributed by atoms with van der Waals surface area (Å²) in [6.07, 6.45) is 0.760. The number of halogens is 2. The second-order valence-corrected chi connectivity index (χ2v) is 6.16. The third-order valence-electron chi connectivity index (χ3n) is 3.93. The van der Waals surface area contributed by atoms with E-state index in [0.717, 1.165) is 29.3 Å². The molecule has 2 aromatic heterocycles. The molecule has 0 unspecified atom stereocenters. The summed E-state index contributed by atoms with van der Waals surface area (Å²) in [4.78, 5) is 9.24. The van der Waals surface area contributed by atoms with E-state index in [1.54, 1.807) is 6.07 Å². The summed E-state index contributed by atoms with van der Waals surface area (Å²) in [7, 11) is 0. The van der Waals surface area contributed by atoms with E-state index >= 15 is 0 Å². The standard InChI is InChI=1S/C17H13Cl2N5/c1-2-14-22-23-15-9-20-16(10-5-3-4-6-11(10)18)17-12(24(14)15)7-8-13(19)21-17/h3-8H,2,9H2,1H3. The number of nitrogens with zero attached hydrogens (tertiary/aromatic N) is 5. The van der Waals surface area contributed by atoms with Gasteiger partial charge in [0.15, 0.2) is 5.82 Å². The number of hydrogen-bond acceptors (Lipinski definition) is 4. The molecule has 4 rings (SSSR count). The van der Waals surface area contributed by atoms with Gasteiger partial charge in [0.1, 0.15) is 23.2 Å². The monoisotopic (exact) mass is 357 g/mol. The van der Waals surface area contributed by atoms with Crippen LogP contribution in [0.2, 0.25) is 10.2 Å². The van der Waals surface area contributed by atoms with Crippen LogP contribution >= 0.6 is 23.2 Å². The third-order valence-corrected chi connectivity index (χ3v) is 4.47. The second kappa shape index (κ2) is 6.00. The van der Waals surface area contributed by atoms with Gasteiger partial charge in [-0.2, -0.15) is 0 Å². The van der Waals surface area contributed by atoms with E-state index in [4.69, 9.17) is 28.2 Å². The van der Waals surface area contributed by atoms with Crippen LogP contribution < -0.4 is 0 Å². The predicted molar refractivity (Wildman–Crippen MR) is 94.3 cm³/mol. The quantitative estimate of drug-likeness (QED) is 0.653. The molecule has 7 heteroatoms. The summed E-state index contributed by atoms with van der Waals surface area (Å²) in [5.74, 6) is 1.64. The van der Waals surface area contributed by atoms with E-state index in [1.807, 2.05) is 41.8 Å². The van der Waals surface area contributed by atoms with Gasteiger partial charge in [-0.05, 0) is 18.2 Å². The molecule has 0 saturated heterocycles. The largest absolute Gasteiger partial charge is 0.279 e. The Morgan fingerprint density at radius 1 is 1.08 bits per heavy atom. The van der Waals surface area contributed by atoms with Crippen LogP contribution in [0.1, 0.15) is 29.8 Å². The van der Waals surface area contributed by atoms with Gasteiger partial charge in [0.25, 0.3) is 0 Å². The average molecular weight is 358 g/mol. The Balaban J connectivity index is 2.01. The zero-order chi connectivity index (χ0) is 16.7. The van der Waals surface area contributed by atoms with Gasteiger partial charge < -0.3 is 0 Å². The van der Waals surface area contributed by atoms with E-state index in [0.29, 0.717) is 28.1 Å². The SMILES string of the molecule is CCc1nnc2n1-c1ccc(Cl)nc1C(c1ccccc1Cl)=NC2. The molecule has 0 aliphatic carbocycles. The molecule has 0 amide bonds. The highest BCUT2D eigenvalue weighted by atomic mass is 35.5. The molecule has 0 spiro atoms. The number of aromatic nitrogens is 4. The van der Waals surface area contributed by atoms with Gasteiger partial charge in [0.2, 0.25) is 0 Å². The lowest BCUT2D eigenvalue weighted by Crippen LogP contribution is -2.12. The van der Waals surface area contributed by atoms with Crippen molar-refractivity contribution >= 4 is 28.9 Å². The van der Waals surface area contributed by atoms with Gasteiger partial charge in [-0.1, -0.05) is 48.3 Å². The molecular formula is C17H13Cl2N5. The Morgan fingerprint density at radius 3 is 2.71 bits per heavy atom. The van der Waals surface area contributed by atoms with E-state index in [9.17, 15) is 0 Å². The highest BCUT2D eigenvalue weighted by molar-refractivity contribution is 6.35. The van der Waals surface area contributed by atoms with Crippen molar-refractivity contribution in [3.63, 3.8) is 0 Å². The lowest BCUT2D eigenvalue weighted by Gasteiger charge is -2.13. The Labute approximate surface area is 149 Å². The van der Waals surface area contributed by atoms with Crippen molar-refractivity contribution in [2.24, 2.45) is 4.99 Å². The molecule has 3 heterocycles. The number of fused-ring (bicyclic) bond motifs is 3. The first-order chi connectivity index (χ1) is 11.7. The maximum absolute atomic E-state index is 6.38. The summed E-state index contributed by atoms with van der Waals surface area (Å²) in [6, 6.07) is 11.3. The summed E-state index contributed by atoms with van der Waals surface area (Å²) in [5, 5.41) is 9.55. The number of hydrogen-bond donors (Lipinski definition) is 0. The first kappa shape index (κ1) is 15.3. The molecular weight excluding hydrogens is 345 g/mol. The fraction of sp³-hybridized carbons (Fsp3) is 0.176. The molecule has 120 valence electrons. The van der Waals surface area contributed by atoms with E-state index < -0.39 is 0 Å². The Bertz CT molecular complexity index is 961. The zero-order valence-electron chi connectivity index (χ0n) is 12.9. The summed E-state index contributed by atoms with van der Waals surface area (Å²) in [6.45, 7) is 2.45. The number of aryl methyl sites for hydroxylation is 1. The minimum atomic E-state index is 0.404. The van der Waals surface area contributed by atoms with Crippen LogP contribution in [0.3, 0.4) is 0 Å². The Morgan fingerprint density at radius 2 is 1.92 bits per heavy atom. The summed E-state index contributed by atoms with van der Waals surface area (Å²) >= 11 is 12.5. The van der Waals surface area contributed by atoms with Crippen molar-refractivity contribution in [1.82, 2.24) is 19.7 Å². The van der Waals surface area contributed by atoms with Gasteiger partial charge in [0, 0.05) is 12.0 Å². The van der Waals surface area contributed by atoms with Crippen molar-refractivity contribution < 1.29 is 0 Å². The lowest BCUT2D eigenvalue weighted by molar-refractivity contribution is 0.837. The van der Waals surface area contributed by atoms with E-state index in [2.05, 4.69) is 15.2 Å². The maximum Gasteiger partial charge on any atom is 0.159 e. The molecule has 1 aromatic carbocycles. The van der Waals surface area contributed by atoms with Crippen LogP contribution in [0.4, 0.5) is 0 Å². The molecule has 0 fully saturated rings. The van der Waals surface area contributed by atoms with Crippen molar-refractivity contribution in [3.8, 4) is 5.69 Å². The van der Waals surface area contributed by atoms with Gasteiger partial charge in [-0.15, -0.1) is 10.2 Å². The minimum absolute atomic E-state index is 0.404. The first-order valence-corrected chi connectivity index (χ1v) is 8.34. The zero-order valence-corrected chi connectivity index (χ0v) is 14.4. The van der Waals surface area contributed by atoms with Crippen LogP contribution in [0, 0.1) is 0 Å². The lowest BCUT2D eigenvalue weighted by atomic mass is 10.1. The van der Waals surface area contributed by atoms with Crippen LogP contribution in [-0.2, 0) is 13.0 Å². The molecule has 0 N–H and O–H groups in total. The van der Waals surface area contributed by atoms with Crippen LogP contribution in [-0.4, -0.2) is 25.5 Å². The van der Waals surface area contributed by atoms with Crippen LogP contribution in [0.25, 0.3) is 5.69 Å².